The Balaban J connectivity index is 1.22. The molecule has 2 amide bonds. The van der Waals surface area contributed by atoms with E-state index in [0.717, 1.165) is 38.0 Å². The van der Waals surface area contributed by atoms with E-state index in [4.69, 9.17) is 13.8 Å². The van der Waals surface area contributed by atoms with Gasteiger partial charge in [0.25, 0.3) is 0 Å². The van der Waals surface area contributed by atoms with Crippen LogP contribution in [-0.2, 0) is 32.1 Å². The monoisotopic (exact) mass is 534 g/mol. The van der Waals surface area contributed by atoms with Gasteiger partial charge in [0, 0.05) is 32.8 Å². The summed E-state index contributed by atoms with van der Waals surface area (Å²) in [5.41, 5.74) is 2.77. The third-order valence-corrected chi connectivity index (χ3v) is 8.89. The summed E-state index contributed by atoms with van der Waals surface area (Å²) in [4.78, 5) is 31.7. The SMILES string of the molecule is COCC1=C2B(O)O[C@H](c3ccc(CO)o3)C[C@H]2[C@H]2C(=O)N(C3CCN(Cc4ccccc4)CC3)C(=O)[C@H]2C1. The number of furan rings is 1. The van der Waals surface area contributed by atoms with Crippen LogP contribution in [0.2, 0.25) is 0 Å². The summed E-state index contributed by atoms with van der Waals surface area (Å²) in [5.74, 6) is -0.691. The number of ether oxygens (including phenoxy) is 1. The first-order valence-corrected chi connectivity index (χ1v) is 13.9. The molecule has 0 bridgehead atoms. The molecule has 3 saturated heterocycles. The lowest BCUT2D eigenvalue weighted by Gasteiger charge is -2.41. The Labute approximate surface area is 228 Å². The van der Waals surface area contributed by atoms with Gasteiger partial charge in [0.2, 0.25) is 11.8 Å². The highest BCUT2D eigenvalue weighted by Crippen LogP contribution is 2.52. The van der Waals surface area contributed by atoms with Crippen LogP contribution in [0.15, 0.2) is 57.9 Å². The summed E-state index contributed by atoms with van der Waals surface area (Å²) in [7, 11) is 0.366. The Kier molecular flexibility index (Phi) is 7.48. The minimum Gasteiger partial charge on any atom is -0.461 e. The zero-order valence-corrected chi connectivity index (χ0v) is 22.2. The summed E-state index contributed by atoms with van der Waals surface area (Å²) >= 11 is 0. The number of piperidine rings is 1. The van der Waals surface area contributed by atoms with Crippen LogP contribution in [-0.4, -0.2) is 71.7 Å². The van der Waals surface area contributed by atoms with E-state index in [1.54, 1.807) is 24.1 Å². The van der Waals surface area contributed by atoms with Crippen LogP contribution in [0.5, 0.6) is 0 Å². The van der Waals surface area contributed by atoms with Gasteiger partial charge >= 0.3 is 7.12 Å². The summed E-state index contributed by atoms with van der Waals surface area (Å²) in [6.07, 6.45) is 1.71. The van der Waals surface area contributed by atoms with Crippen molar-refractivity contribution in [3.8, 4) is 0 Å². The number of rotatable bonds is 7. The molecule has 206 valence electrons. The Hall–Kier alpha value is -2.76. The molecule has 1 aromatic heterocycles. The maximum atomic E-state index is 14.0. The number of aliphatic hydroxyl groups is 1. The van der Waals surface area contributed by atoms with E-state index in [2.05, 4.69) is 17.0 Å². The van der Waals surface area contributed by atoms with Gasteiger partial charge in [-0.1, -0.05) is 30.3 Å². The molecule has 2 aromatic rings. The van der Waals surface area contributed by atoms with Gasteiger partial charge in [-0.2, -0.15) is 0 Å². The van der Waals surface area contributed by atoms with Crippen molar-refractivity contribution in [2.75, 3.05) is 26.8 Å². The smallest absolute Gasteiger partial charge is 0.461 e. The highest BCUT2D eigenvalue weighted by Gasteiger charge is 2.59. The van der Waals surface area contributed by atoms with E-state index in [1.165, 1.54) is 5.56 Å². The predicted octanol–water partition coefficient (Wildman–Crippen LogP) is 2.48. The first-order valence-electron chi connectivity index (χ1n) is 13.9. The van der Waals surface area contributed by atoms with E-state index < -0.39 is 25.1 Å². The molecule has 3 aliphatic heterocycles. The van der Waals surface area contributed by atoms with E-state index in [1.807, 2.05) is 18.2 Å². The molecule has 2 N–H and O–H groups in total. The van der Waals surface area contributed by atoms with Crippen LogP contribution in [0, 0.1) is 17.8 Å². The molecule has 10 heteroatoms. The average Bonchev–Trinajstić information content (AvgIpc) is 3.52. The van der Waals surface area contributed by atoms with Crippen LogP contribution in [0.3, 0.4) is 0 Å². The van der Waals surface area contributed by atoms with Crippen LogP contribution in [0.4, 0.5) is 0 Å². The maximum absolute atomic E-state index is 14.0. The van der Waals surface area contributed by atoms with Crippen LogP contribution in [0.1, 0.15) is 48.9 Å². The van der Waals surface area contributed by atoms with Gasteiger partial charge < -0.3 is 23.9 Å². The third-order valence-electron chi connectivity index (χ3n) is 8.89. The number of methoxy groups -OCH3 is 1. The number of imide groups is 1. The molecule has 4 aliphatic rings. The van der Waals surface area contributed by atoms with Crippen molar-refractivity contribution >= 4 is 18.9 Å². The maximum Gasteiger partial charge on any atom is 0.487 e. The lowest BCUT2D eigenvalue weighted by atomic mass is 9.55. The van der Waals surface area contributed by atoms with Gasteiger partial charge in [0.1, 0.15) is 24.2 Å². The number of fused-ring (bicyclic) bond motifs is 3. The zero-order chi connectivity index (χ0) is 27.1. The van der Waals surface area contributed by atoms with Crippen molar-refractivity contribution < 1.29 is 33.5 Å². The minimum absolute atomic E-state index is 0.0998. The van der Waals surface area contributed by atoms with Crippen LogP contribution >= 0.6 is 0 Å². The molecule has 39 heavy (non-hydrogen) atoms. The van der Waals surface area contributed by atoms with E-state index >= 15 is 0 Å². The highest BCUT2D eigenvalue weighted by atomic mass is 16.5. The fourth-order valence-electron chi connectivity index (χ4n) is 7.12. The standard InChI is InChI=1S/C29H35BN2O7/c1-37-17-19-13-23-26(22-14-25(39-30(36)27(19)22)24-8-7-21(16-33)38-24)29(35)32(28(23)34)20-9-11-31(12-10-20)15-18-5-3-2-4-6-18/h2-8,20,22-23,25-26,33,36H,9-17H2,1H3/t22-,23-,25-,26+/m0/s1. The second-order valence-corrected chi connectivity index (χ2v) is 11.1. The van der Waals surface area contributed by atoms with Crippen LogP contribution < -0.4 is 0 Å². The Bertz CT molecular complexity index is 1240. The minimum atomic E-state index is -1.22. The van der Waals surface area contributed by atoms with Crippen molar-refractivity contribution in [2.45, 2.75) is 51.0 Å². The number of allylic oxidation sites excluding steroid dienone is 1. The van der Waals surface area contributed by atoms with Crippen LogP contribution in [0.25, 0.3) is 0 Å². The Morgan fingerprint density at radius 3 is 2.51 bits per heavy atom. The van der Waals surface area contributed by atoms with E-state index in [9.17, 15) is 19.7 Å². The highest BCUT2D eigenvalue weighted by molar-refractivity contribution is 6.53. The quantitative estimate of drug-likeness (QED) is 0.412. The molecule has 4 heterocycles. The number of nitrogens with zero attached hydrogens (tertiary/aromatic N) is 2. The lowest BCUT2D eigenvalue weighted by Crippen LogP contribution is -2.48. The number of hydrogen-bond donors (Lipinski definition) is 2. The number of carbonyl (C=O) groups is 2. The molecule has 0 unspecified atom stereocenters. The van der Waals surface area contributed by atoms with Crippen molar-refractivity contribution in [1.82, 2.24) is 9.80 Å². The molecular weight excluding hydrogens is 499 g/mol. The molecule has 4 atom stereocenters. The molecule has 9 nitrogen and oxygen atoms in total. The van der Waals surface area contributed by atoms with Gasteiger partial charge in [0.15, 0.2) is 0 Å². The Morgan fingerprint density at radius 2 is 1.82 bits per heavy atom. The van der Waals surface area contributed by atoms with Crippen molar-refractivity contribution in [3.05, 3.63) is 70.6 Å². The number of likely N-dealkylation sites (tertiary alicyclic amines) is 2. The molecule has 1 aliphatic carbocycles. The first-order chi connectivity index (χ1) is 19.0. The first kappa shape index (κ1) is 26.5. The fraction of sp³-hybridized carbons (Fsp3) is 0.517. The molecule has 0 saturated carbocycles. The number of benzene rings is 1. The van der Waals surface area contributed by atoms with Crippen molar-refractivity contribution in [3.63, 3.8) is 0 Å². The van der Waals surface area contributed by atoms with E-state index in [0.29, 0.717) is 29.8 Å². The fourth-order valence-corrected chi connectivity index (χ4v) is 7.12. The zero-order valence-electron chi connectivity index (χ0n) is 22.2. The molecule has 1 aromatic carbocycles. The Morgan fingerprint density at radius 1 is 1.05 bits per heavy atom. The number of aliphatic hydroxyl groups excluding tert-OH is 1. The summed E-state index contributed by atoms with van der Waals surface area (Å²) in [6, 6.07) is 13.6. The molecule has 0 spiro atoms. The topological polar surface area (TPSA) is 113 Å². The van der Waals surface area contributed by atoms with Gasteiger partial charge in [-0.25, -0.2) is 0 Å². The summed E-state index contributed by atoms with van der Waals surface area (Å²) in [6.45, 7) is 2.55. The summed E-state index contributed by atoms with van der Waals surface area (Å²) < 4.78 is 17.1. The van der Waals surface area contributed by atoms with Gasteiger partial charge in [-0.05, 0) is 60.3 Å². The molecular formula is C29H35BN2O7. The average molecular weight is 534 g/mol. The molecule has 3 fully saturated rings. The number of carbonyl (C=O) groups excluding carboxylic acids is 2. The van der Waals surface area contributed by atoms with Crippen molar-refractivity contribution in [2.24, 2.45) is 17.8 Å². The summed E-state index contributed by atoms with van der Waals surface area (Å²) in [5, 5.41) is 20.5. The largest absolute Gasteiger partial charge is 0.487 e. The molecule has 0 radical (unpaired) electrons. The number of hydrogen-bond acceptors (Lipinski definition) is 8. The van der Waals surface area contributed by atoms with Gasteiger partial charge in [-0.15, -0.1) is 0 Å². The second kappa shape index (κ2) is 11.0. The van der Waals surface area contributed by atoms with Gasteiger partial charge in [-0.3, -0.25) is 19.4 Å². The van der Waals surface area contributed by atoms with Gasteiger partial charge in [0.05, 0.1) is 18.4 Å². The third kappa shape index (κ3) is 4.89. The lowest BCUT2D eigenvalue weighted by molar-refractivity contribution is -0.144. The normalized spacial score (nSPS) is 28.3. The van der Waals surface area contributed by atoms with E-state index in [-0.39, 0.29) is 37.0 Å². The van der Waals surface area contributed by atoms with Crippen molar-refractivity contribution in [1.29, 1.82) is 0 Å². The second-order valence-electron chi connectivity index (χ2n) is 11.1. The molecule has 6 rings (SSSR count). The number of amides is 2. The predicted molar refractivity (Wildman–Crippen MR) is 142 cm³/mol.